The van der Waals surface area contributed by atoms with Crippen molar-refractivity contribution in [2.24, 2.45) is 0 Å². The molecule has 3 N–H and O–H groups in total. The lowest BCUT2D eigenvalue weighted by Gasteiger charge is -2.10. The number of benzene rings is 2. The van der Waals surface area contributed by atoms with E-state index in [0.29, 0.717) is 10.6 Å². The zero-order valence-corrected chi connectivity index (χ0v) is 12.5. The molecular formula is C14H15ClN2O2S. The summed E-state index contributed by atoms with van der Waals surface area (Å²) in [5.41, 5.74) is 7.47. The molecule has 0 aliphatic carbocycles. The van der Waals surface area contributed by atoms with Gasteiger partial charge in [-0.15, -0.1) is 0 Å². The van der Waals surface area contributed by atoms with Gasteiger partial charge in [0.2, 0.25) is 10.0 Å². The largest absolute Gasteiger partial charge is 0.397 e. The minimum atomic E-state index is -3.61. The van der Waals surface area contributed by atoms with Crippen LogP contribution >= 0.6 is 11.6 Å². The second kappa shape index (κ2) is 5.83. The van der Waals surface area contributed by atoms with Crippen LogP contribution in [0.25, 0.3) is 0 Å². The maximum atomic E-state index is 12.2. The quantitative estimate of drug-likeness (QED) is 0.853. The average Bonchev–Trinajstić information content (AvgIpc) is 2.43. The molecule has 0 spiro atoms. The molecule has 0 saturated carbocycles. The first-order chi connectivity index (χ1) is 9.40. The van der Waals surface area contributed by atoms with Gasteiger partial charge in [-0.05, 0) is 30.2 Å². The number of sulfonamides is 1. The van der Waals surface area contributed by atoms with Crippen molar-refractivity contribution in [3.63, 3.8) is 0 Å². The van der Waals surface area contributed by atoms with Crippen molar-refractivity contribution in [1.29, 1.82) is 0 Å². The van der Waals surface area contributed by atoms with E-state index in [4.69, 9.17) is 17.3 Å². The highest BCUT2D eigenvalue weighted by molar-refractivity contribution is 7.89. The Morgan fingerprint density at radius 1 is 1.20 bits per heavy atom. The van der Waals surface area contributed by atoms with Crippen LogP contribution in [-0.4, -0.2) is 8.42 Å². The summed E-state index contributed by atoms with van der Waals surface area (Å²) in [6.07, 6.45) is 0. The van der Waals surface area contributed by atoms with Gasteiger partial charge in [0.1, 0.15) is 0 Å². The number of rotatable bonds is 4. The first-order valence-corrected chi connectivity index (χ1v) is 7.85. The van der Waals surface area contributed by atoms with E-state index in [1.54, 1.807) is 6.92 Å². The maximum absolute atomic E-state index is 12.2. The topological polar surface area (TPSA) is 72.2 Å². The van der Waals surface area contributed by atoms with Gasteiger partial charge in [-0.25, -0.2) is 13.1 Å². The highest BCUT2D eigenvalue weighted by Crippen LogP contribution is 2.26. The predicted octanol–water partition coefficient (Wildman–Crippen LogP) is 2.71. The van der Waals surface area contributed by atoms with E-state index in [0.717, 1.165) is 5.56 Å². The molecule has 0 aliphatic rings. The summed E-state index contributed by atoms with van der Waals surface area (Å²) in [7, 11) is -3.61. The molecule has 0 unspecified atom stereocenters. The van der Waals surface area contributed by atoms with Crippen molar-refractivity contribution < 1.29 is 8.42 Å². The van der Waals surface area contributed by atoms with E-state index in [1.165, 1.54) is 12.1 Å². The maximum Gasteiger partial charge on any atom is 0.240 e. The SMILES string of the molecule is Cc1cc(S(=O)(=O)NCc2ccccc2)cc(N)c1Cl. The lowest BCUT2D eigenvalue weighted by molar-refractivity contribution is 0.581. The van der Waals surface area contributed by atoms with Gasteiger partial charge in [0.15, 0.2) is 0 Å². The third kappa shape index (κ3) is 3.30. The van der Waals surface area contributed by atoms with Crippen LogP contribution in [0.2, 0.25) is 5.02 Å². The third-order valence-corrected chi connectivity index (χ3v) is 4.77. The van der Waals surface area contributed by atoms with E-state index in [2.05, 4.69) is 4.72 Å². The zero-order valence-electron chi connectivity index (χ0n) is 10.9. The number of aryl methyl sites for hydroxylation is 1. The summed E-state index contributed by atoms with van der Waals surface area (Å²) in [5, 5.41) is 0.381. The molecule has 106 valence electrons. The summed E-state index contributed by atoms with van der Waals surface area (Å²) in [6.45, 7) is 1.94. The fourth-order valence-electron chi connectivity index (χ4n) is 1.78. The van der Waals surface area contributed by atoms with Gasteiger partial charge in [-0.3, -0.25) is 0 Å². The minimum absolute atomic E-state index is 0.118. The molecule has 0 atom stereocenters. The molecule has 0 aromatic heterocycles. The summed E-state index contributed by atoms with van der Waals surface area (Å²) < 4.78 is 27.0. The van der Waals surface area contributed by atoms with E-state index in [9.17, 15) is 8.42 Å². The third-order valence-electron chi connectivity index (χ3n) is 2.88. The van der Waals surface area contributed by atoms with Crippen molar-refractivity contribution >= 4 is 27.3 Å². The van der Waals surface area contributed by atoms with Gasteiger partial charge < -0.3 is 5.73 Å². The Morgan fingerprint density at radius 2 is 1.85 bits per heavy atom. The van der Waals surface area contributed by atoms with Crippen molar-refractivity contribution in [1.82, 2.24) is 4.72 Å². The van der Waals surface area contributed by atoms with E-state index in [1.807, 2.05) is 30.3 Å². The van der Waals surface area contributed by atoms with E-state index < -0.39 is 10.0 Å². The van der Waals surface area contributed by atoms with Crippen LogP contribution in [0.15, 0.2) is 47.4 Å². The van der Waals surface area contributed by atoms with Crippen LogP contribution < -0.4 is 10.5 Å². The molecule has 2 aromatic carbocycles. The average molecular weight is 311 g/mol. The molecule has 4 nitrogen and oxygen atoms in total. The van der Waals surface area contributed by atoms with Crippen LogP contribution in [0.4, 0.5) is 5.69 Å². The number of nitrogen functional groups attached to an aromatic ring is 1. The molecule has 0 saturated heterocycles. The van der Waals surface area contributed by atoms with Crippen molar-refractivity contribution in [3.8, 4) is 0 Å². The zero-order chi connectivity index (χ0) is 14.8. The lowest BCUT2D eigenvalue weighted by atomic mass is 10.2. The molecule has 0 bridgehead atoms. The monoisotopic (exact) mass is 310 g/mol. The molecular weight excluding hydrogens is 296 g/mol. The van der Waals surface area contributed by atoms with Crippen molar-refractivity contribution in [2.45, 2.75) is 18.4 Å². The summed E-state index contributed by atoms with van der Waals surface area (Å²) in [6, 6.07) is 12.2. The minimum Gasteiger partial charge on any atom is -0.397 e. The summed E-state index contributed by atoms with van der Waals surface area (Å²) in [5.74, 6) is 0. The normalized spacial score (nSPS) is 11.5. The van der Waals surface area contributed by atoms with Gasteiger partial charge >= 0.3 is 0 Å². The highest BCUT2D eigenvalue weighted by Gasteiger charge is 2.16. The molecule has 2 aromatic rings. The molecule has 0 amide bonds. The highest BCUT2D eigenvalue weighted by atomic mass is 35.5. The Bertz CT molecular complexity index is 692. The summed E-state index contributed by atoms with van der Waals surface area (Å²) >= 11 is 5.93. The van der Waals surface area contributed by atoms with Crippen LogP contribution in [0.5, 0.6) is 0 Å². The van der Waals surface area contributed by atoms with Gasteiger partial charge in [0.05, 0.1) is 15.6 Å². The van der Waals surface area contributed by atoms with E-state index >= 15 is 0 Å². The molecule has 2 rings (SSSR count). The van der Waals surface area contributed by atoms with Gasteiger partial charge in [0, 0.05) is 6.54 Å². The Kier molecular flexibility index (Phi) is 4.32. The Hall–Kier alpha value is -1.56. The number of nitrogens with two attached hydrogens (primary N) is 1. The fourth-order valence-corrected chi connectivity index (χ4v) is 3.02. The number of anilines is 1. The fraction of sp³-hybridized carbons (Fsp3) is 0.143. The predicted molar refractivity (Wildman–Crippen MR) is 81.1 cm³/mol. The first-order valence-electron chi connectivity index (χ1n) is 5.99. The van der Waals surface area contributed by atoms with Crippen molar-refractivity contribution in [3.05, 3.63) is 58.6 Å². The molecule has 6 heteroatoms. The molecule has 0 radical (unpaired) electrons. The first kappa shape index (κ1) is 14.8. The molecule has 20 heavy (non-hydrogen) atoms. The second-order valence-electron chi connectivity index (χ2n) is 4.45. The van der Waals surface area contributed by atoms with Crippen LogP contribution in [0.1, 0.15) is 11.1 Å². The molecule has 0 fully saturated rings. The Morgan fingerprint density at radius 3 is 2.45 bits per heavy atom. The van der Waals surface area contributed by atoms with Crippen LogP contribution in [-0.2, 0) is 16.6 Å². The molecule has 0 heterocycles. The Balaban J connectivity index is 2.23. The second-order valence-corrected chi connectivity index (χ2v) is 6.60. The lowest BCUT2D eigenvalue weighted by Crippen LogP contribution is -2.23. The van der Waals surface area contributed by atoms with Gasteiger partial charge in [0.25, 0.3) is 0 Å². The number of halogens is 1. The number of hydrogen-bond acceptors (Lipinski definition) is 3. The van der Waals surface area contributed by atoms with Crippen LogP contribution in [0, 0.1) is 6.92 Å². The number of nitrogens with one attached hydrogen (secondary N) is 1. The number of hydrogen-bond donors (Lipinski definition) is 2. The Labute approximate surface area is 123 Å². The van der Waals surface area contributed by atoms with Gasteiger partial charge in [-0.2, -0.15) is 0 Å². The smallest absolute Gasteiger partial charge is 0.240 e. The summed E-state index contributed by atoms with van der Waals surface area (Å²) in [4.78, 5) is 0.118. The van der Waals surface area contributed by atoms with Crippen molar-refractivity contribution in [2.75, 3.05) is 5.73 Å². The van der Waals surface area contributed by atoms with E-state index in [-0.39, 0.29) is 17.1 Å². The van der Waals surface area contributed by atoms with Crippen LogP contribution in [0.3, 0.4) is 0 Å². The van der Waals surface area contributed by atoms with Gasteiger partial charge in [-0.1, -0.05) is 41.9 Å². The molecule has 0 aliphatic heterocycles. The standard InChI is InChI=1S/C14H15ClN2O2S/c1-10-7-12(8-13(16)14(10)15)20(18,19)17-9-11-5-3-2-4-6-11/h2-8,17H,9,16H2,1H3.